The van der Waals surface area contributed by atoms with E-state index in [4.69, 9.17) is 9.47 Å². The summed E-state index contributed by atoms with van der Waals surface area (Å²) in [5.41, 5.74) is 4.10. The van der Waals surface area contributed by atoms with Crippen molar-refractivity contribution < 1.29 is 23.0 Å². The molecule has 41 heavy (non-hydrogen) atoms. The van der Waals surface area contributed by atoms with Crippen molar-refractivity contribution in [3.05, 3.63) is 119 Å². The van der Waals surface area contributed by atoms with Crippen molar-refractivity contribution in [2.24, 2.45) is 0 Å². The minimum Gasteiger partial charge on any atom is -0.489 e. The van der Waals surface area contributed by atoms with Gasteiger partial charge in [-0.1, -0.05) is 54.6 Å². The summed E-state index contributed by atoms with van der Waals surface area (Å²) in [7, 11) is 0. The van der Waals surface area contributed by atoms with Crippen LogP contribution in [0.1, 0.15) is 34.7 Å². The van der Waals surface area contributed by atoms with E-state index in [1.807, 2.05) is 18.2 Å². The zero-order chi connectivity index (χ0) is 29.0. The van der Waals surface area contributed by atoms with Gasteiger partial charge < -0.3 is 20.1 Å². The Morgan fingerprint density at radius 3 is 2.46 bits per heavy atom. The molecular formula is C33H31F2N3O3. The molecule has 8 heteroatoms. The van der Waals surface area contributed by atoms with Crippen LogP contribution in [0.3, 0.4) is 0 Å². The second-order valence-corrected chi connectivity index (χ2v) is 9.38. The van der Waals surface area contributed by atoms with Crippen LogP contribution >= 0.6 is 0 Å². The highest BCUT2D eigenvalue weighted by molar-refractivity contribution is 5.72. The SMILES string of the molecule is CC(=O)NCCNCc1ccc(OCc2cccc(-c3ccccc3F)c2CF)cc1OCc1cccc(C#N)c1. The molecule has 2 N–H and O–H groups in total. The van der Waals surface area contributed by atoms with Gasteiger partial charge in [0.15, 0.2) is 0 Å². The van der Waals surface area contributed by atoms with Crippen molar-refractivity contribution in [1.82, 2.24) is 10.6 Å². The Balaban J connectivity index is 1.52. The van der Waals surface area contributed by atoms with Crippen LogP contribution in [0.25, 0.3) is 11.1 Å². The van der Waals surface area contributed by atoms with Crippen LogP contribution in [0.2, 0.25) is 0 Å². The lowest BCUT2D eigenvalue weighted by atomic mass is 9.96. The van der Waals surface area contributed by atoms with Crippen molar-refractivity contribution in [3.8, 4) is 28.7 Å². The largest absolute Gasteiger partial charge is 0.489 e. The number of halogens is 2. The molecule has 0 radical (unpaired) electrons. The van der Waals surface area contributed by atoms with Gasteiger partial charge in [-0.2, -0.15) is 5.26 Å². The maximum atomic E-state index is 14.5. The Bertz CT molecular complexity index is 1530. The summed E-state index contributed by atoms with van der Waals surface area (Å²) in [6.07, 6.45) is 0. The molecule has 0 aliphatic carbocycles. The number of nitrogens with one attached hydrogen (secondary N) is 2. The molecule has 0 aliphatic heterocycles. The lowest BCUT2D eigenvalue weighted by molar-refractivity contribution is -0.118. The van der Waals surface area contributed by atoms with E-state index in [0.717, 1.165) is 11.1 Å². The summed E-state index contributed by atoms with van der Waals surface area (Å²) >= 11 is 0. The van der Waals surface area contributed by atoms with Gasteiger partial charge in [-0.05, 0) is 46.5 Å². The first-order chi connectivity index (χ1) is 20.0. The molecule has 0 fully saturated rings. The number of ether oxygens (including phenoxy) is 2. The molecule has 4 aromatic rings. The fraction of sp³-hybridized carbons (Fsp3) is 0.212. The quantitative estimate of drug-likeness (QED) is 0.192. The van der Waals surface area contributed by atoms with Gasteiger partial charge in [-0.25, -0.2) is 8.78 Å². The fourth-order valence-electron chi connectivity index (χ4n) is 4.37. The first kappa shape index (κ1) is 29.2. The van der Waals surface area contributed by atoms with Crippen molar-refractivity contribution in [2.75, 3.05) is 13.1 Å². The van der Waals surface area contributed by atoms with Gasteiger partial charge in [0.05, 0.1) is 11.6 Å². The Morgan fingerprint density at radius 2 is 1.68 bits per heavy atom. The molecule has 1 amide bonds. The highest BCUT2D eigenvalue weighted by atomic mass is 19.1. The summed E-state index contributed by atoms with van der Waals surface area (Å²) in [5, 5.41) is 15.2. The molecule has 0 atom stereocenters. The van der Waals surface area contributed by atoms with Gasteiger partial charge >= 0.3 is 0 Å². The van der Waals surface area contributed by atoms with E-state index in [9.17, 15) is 18.8 Å². The molecule has 0 heterocycles. The summed E-state index contributed by atoms with van der Waals surface area (Å²) in [5.74, 6) is 0.604. The van der Waals surface area contributed by atoms with Gasteiger partial charge in [0, 0.05) is 43.8 Å². The summed E-state index contributed by atoms with van der Waals surface area (Å²) in [4.78, 5) is 11.1. The van der Waals surface area contributed by atoms with Crippen LogP contribution in [-0.2, 0) is 31.2 Å². The predicted molar refractivity (Wildman–Crippen MR) is 153 cm³/mol. The van der Waals surface area contributed by atoms with Gasteiger partial charge in [0.1, 0.15) is 37.2 Å². The smallest absolute Gasteiger partial charge is 0.216 e. The van der Waals surface area contributed by atoms with E-state index in [1.54, 1.807) is 60.7 Å². The van der Waals surface area contributed by atoms with Crippen molar-refractivity contribution in [1.29, 1.82) is 5.26 Å². The molecule has 0 aliphatic rings. The van der Waals surface area contributed by atoms with E-state index in [0.29, 0.717) is 59.0 Å². The number of hydrogen-bond donors (Lipinski definition) is 2. The molecule has 4 rings (SSSR count). The topological polar surface area (TPSA) is 83.4 Å². The molecular weight excluding hydrogens is 524 g/mol. The van der Waals surface area contributed by atoms with E-state index < -0.39 is 12.5 Å². The van der Waals surface area contributed by atoms with Crippen LogP contribution in [-0.4, -0.2) is 19.0 Å². The van der Waals surface area contributed by atoms with Crippen molar-refractivity contribution in [3.63, 3.8) is 0 Å². The predicted octanol–water partition coefficient (Wildman–Crippen LogP) is 6.22. The highest BCUT2D eigenvalue weighted by Gasteiger charge is 2.14. The number of benzene rings is 4. The normalized spacial score (nSPS) is 10.6. The van der Waals surface area contributed by atoms with Crippen molar-refractivity contribution >= 4 is 5.91 Å². The first-order valence-electron chi connectivity index (χ1n) is 13.2. The summed E-state index contributed by atoms with van der Waals surface area (Å²) < 4.78 is 40.8. The van der Waals surface area contributed by atoms with Crippen LogP contribution in [0, 0.1) is 17.1 Å². The Hall–Kier alpha value is -4.74. The van der Waals surface area contributed by atoms with Crippen LogP contribution < -0.4 is 20.1 Å². The molecule has 4 aromatic carbocycles. The maximum Gasteiger partial charge on any atom is 0.216 e. The Morgan fingerprint density at radius 1 is 0.878 bits per heavy atom. The molecule has 0 spiro atoms. The van der Waals surface area contributed by atoms with Gasteiger partial charge in [-0.3, -0.25) is 4.79 Å². The van der Waals surface area contributed by atoms with Crippen LogP contribution in [0.5, 0.6) is 11.5 Å². The number of nitrogens with zero attached hydrogens (tertiary/aromatic N) is 1. The fourth-order valence-corrected chi connectivity index (χ4v) is 4.37. The van der Waals surface area contributed by atoms with Gasteiger partial charge in [0.25, 0.3) is 0 Å². The number of hydrogen-bond acceptors (Lipinski definition) is 5. The Kier molecular flexibility index (Phi) is 10.4. The van der Waals surface area contributed by atoms with E-state index >= 15 is 0 Å². The zero-order valence-corrected chi connectivity index (χ0v) is 22.8. The number of carbonyl (C=O) groups excluding carboxylic acids is 1. The maximum absolute atomic E-state index is 14.5. The van der Waals surface area contributed by atoms with Crippen molar-refractivity contribution in [2.45, 2.75) is 33.4 Å². The molecule has 0 bridgehead atoms. The first-order valence-corrected chi connectivity index (χ1v) is 13.2. The lowest BCUT2D eigenvalue weighted by Gasteiger charge is -2.17. The second kappa shape index (κ2) is 14.6. The summed E-state index contributed by atoms with van der Waals surface area (Å²) in [6.45, 7) is 2.60. The lowest BCUT2D eigenvalue weighted by Crippen LogP contribution is -2.30. The molecule has 0 unspecified atom stereocenters. The monoisotopic (exact) mass is 555 g/mol. The molecule has 210 valence electrons. The second-order valence-electron chi connectivity index (χ2n) is 9.38. The van der Waals surface area contributed by atoms with Crippen LogP contribution in [0.15, 0.2) is 84.9 Å². The molecule has 0 saturated heterocycles. The van der Waals surface area contributed by atoms with E-state index in [2.05, 4.69) is 16.7 Å². The average Bonchev–Trinajstić information content (AvgIpc) is 2.99. The molecule has 0 aromatic heterocycles. The third-order valence-electron chi connectivity index (χ3n) is 6.45. The zero-order valence-electron chi connectivity index (χ0n) is 22.8. The minimum absolute atomic E-state index is 0.0829. The number of nitriles is 1. The van der Waals surface area contributed by atoms with Gasteiger partial charge in [-0.15, -0.1) is 0 Å². The molecule has 0 saturated carbocycles. The number of carbonyl (C=O) groups is 1. The standard InChI is InChI=1S/C33H31F2N3O3/c1-23(39)38-15-14-37-20-26-12-13-28(17-33(26)41-21-25-7-4-6-24(16-25)19-36)40-22-27-8-5-10-29(31(27)18-34)30-9-2-3-11-32(30)35/h2-13,16-17,37H,14-15,18,20-22H2,1H3,(H,38,39). The van der Waals surface area contributed by atoms with Gasteiger partial charge in [0.2, 0.25) is 5.91 Å². The third kappa shape index (κ3) is 8.13. The highest BCUT2D eigenvalue weighted by Crippen LogP contribution is 2.31. The van der Waals surface area contributed by atoms with E-state index in [-0.39, 0.29) is 19.1 Å². The number of alkyl halides is 1. The van der Waals surface area contributed by atoms with E-state index in [1.165, 1.54) is 13.0 Å². The minimum atomic E-state index is -0.761. The molecule has 6 nitrogen and oxygen atoms in total. The number of rotatable bonds is 13. The average molecular weight is 556 g/mol. The third-order valence-corrected chi connectivity index (χ3v) is 6.45. The Labute approximate surface area is 238 Å². The van der Waals surface area contributed by atoms with Crippen LogP contribution in [0.4, 0.5) is 8.78 Å². The number of amides is 1. The summed E-state index contributed by atoms with van der Waals surface area (Å²) in [6, 6.07) is 26.3.